The van der Waals surface area contributed by atoms with Gasteiger partial charge in [0.2, 0.25) is 5.88 Å². The Kier molecular flexibility index (Phi) is 4.58. The van der Waals surface area contributed by atoms with Crippen molar-refractivity contribution in [3.8, 4) is 5.88 Å². The van der Waals surface area contributed by atoms with Gasteiger partial charge in [0, 0.05) is 24.8 Å². The van der Waals surface area contributed by atoms with Crippen molar-refractivity contribution in [2.24, 2.45) is 0 Å². The molecule has 2 aromatic rings. The Balaban J connectivity index is 1.94. The van der Waals surface area contributed by atoms with Gasteiger partial charge in [-0.15, -0.1) is 11.3 Å². The van der Waals surface area contributed by atoms with Gasteiger partial charge in [-0.1, -0.05) is 11.6 Å². The zero-order valence-corrected chi connectivity index (χ0v) is 11.9. The second-order valence-electron chi connectivity index (χ2n) is 3.99. The number of hydrogen-bond acceptors (Lipinski definition) is 4. The molecule has 96 valence electrons. The summed E-state index contributed by atoms with van der Waals surface area (Å²) in [6, 6.07) is 6.17. The maximum atomic E-state index is 5.93. The number of nitrogens with zero attached hydrogens (tertiary/aromatic N) is 1. The van der Waals surface area contributed by atoms with E-state index in [0.29, 0.717) is 5.88 Å². The minimum Gasteiger partial charge on any atom is -0.481 e. The largest absolute Gasteiger partial charge is 0.481 e. The number of ether oxygens (including phenoxy) is 1. The average Bonchev–Trinajstić information content (AvgIpc) is 2.83. The summed E-state index contributed by atoms with van der Waals surface area (Å²) in [6.45, 7) is 2.89. The van der Waals surface area contributed by atoms with Crippen LogP contribution in [0.3, 0.4) is 0 Å². The van der Waals surface area contributed by atoms with E-state index in [1.54, 1.807) is 24.6 Å². The third-order valence-electron chi connectivity index (χ3n) is 2.71. The second kappa shape index (κ2) is 6.18. The molecule has 18 heavy (non-hydrogen) atoms. The standard InChI is InChI=1S/C13H15ClN2OS/c1-9(11-6-12(14)18-8-11)16-7-10-3-4-15-13(5-10)17-2/h3-6,8-9,16H,7H2,1-2H3. The predicted octanol–water partition coefficient (Wildman–Crippen LogP) is 3.66. The zero-order valence-electron chi connectivity index (χ0n) is 10.3. The van der Waals surface area contributed by atoms with E-state index in [1.807, 2.05) is 18.2 Å². The van der Waals surface area contributed by atoms with E-state index in [0.717, 1.165) is 16.4 Å². The fourth-order valence-electron chi connectivity index (χ4n) is 1.61. The minimum absolute atomic E-state index is 0.271. The molecule has 2 heterocycles. The van der Waals surface area contributed by atoms with Crippen LogP contribution in [-0.4, -0.2) is 12.1 Å². The molecule has 1 N–H and O–H groups in total. The van der Waals surface area contributed by atoms with Crippen LogP contribution in [0.25, 0.3) is 0 Å². The number of rotatable bonds is 5. The molecule has 0 bridgehead atoms. The second-order valence-corrected chi connectivity index (χ2v) is 5.54. The SMILES string of the molecule is COc1cc(CNC(C)c2csc(Cl)c2)ccn1. The molecule has 0 saturated heterocycles. The van der Waals surface area contributed by atoms with Gasteiger partial charge in [-0.3, -0.25) is 0 Å². The maximum absolute atomic E-state index is 5.93. The summed E-state index contributed by atoms with van der Waals surface area (Å²) in [5.41, 5.74) is 2.36. The molecule has 0 radical (unpaired) electrons. The van der Waals surface area contributed by atoms with Crippen LogP contribution in [0.2, 0.25) is 4.34 Å². The van der Waals surface area contributed by atoms with Crippen molar-refractivity contribution in [2.45, 2.75) is 19.5 Å². The first kappa shape index (κ1) is 13.3. The lowest BCUT2D eigenvalue weighted by molar-refractivity contribution is 0.397. The van der Waals surface area contributed by atoms with Crippen molar-refractivity contribution in [3.63, 3.8) is 0 Å². The molecule has 3 nitrogen and oxygen atoms in total. The molecular weight excluding hydrogens is 268 g/mol. The summed E-state index contributed by atoms with van der Waals surface area (Å²) in [6.07, 6.45) is 1.75. The van der Waals surface area contributed by atoms with Crippen molar-refractivity contribution in [2.75, 3.05) is 7.11 Å². The van der Waals surface area contributed by atoms with Crippen LogP contribution in [0.1, 0.15) is 24.1 Å². The molecule has 0 spiro atoms. The van der Waals surface area contributed by atoms with Crippen LogP contribution in [0.5, 0.6) is 5.88 Å². The highest BCUT2D eigenvalue weighted by Crippen LogP contribution is 2.24. The highest BCUT2D eigenvalue weighted by atomic mass is 35.5. The van der Waals surface area contributed by atoms with Gasteiger partial charge in [-0.25, -0.2) is 4.98 Å². The molecule has 0 fully saturated rings. The summed E-state index contributed by atoms with van der Waals surface area (Å²) >= 11 is 7.48. The maximum Gasteiger partial charge on any atom is 0.213 e. The lowest BCUT2D eigenvalue weighted by Crippen LogP contribution is -2.17. The van der Waals surface area contributed by atoms with Crippen molar-refractivity contribution < 1.29 is 4.74 Å². The van der Waals surface area contributed by atoms with Crippen LogP contribution < -0.4 is 10.1 Å². The van der Waals surface area contributed by atoms with Crippen LogP contribution >= 0.6 is 22.9 Å². The van der Waals surface area contributed by atoms with E-state index in [1.165, 1.54) is 5.56 Å². The molecule has 5 heteroatoms. The molecule has 0 aliphatic heterocycles. The first-order valence-electron chi connectivity index (χ1n) is 5.65. The Morgan fingerprint density at radius 2 is 2.33 bits per heavy atom. The quantitative estimate of drug-likeness (QED) is 0.909. The predicted molar refractivity (Wildman–Crippen MR) is 75.4 cm³/mol. The molecule has 0 aliphatic carbocycles. The number of pyridine rings is 1. The van der Waals surface area contributed by atoms with Gasteiger partial charge >= 0.3 is 0 Å². The molecule has 0 aromatic carbocycles. The van der Waals surface area contributed by atoms with Crippen molar-refractivity contribution in [1.82, 2.24) is 10.3 Å². The Labute approximate surface area is 116 Å². The topological polar surface area (TPSA) is 34.1 Å². The number of methoxy groups -OCH3 is 1. The molecule has 1 unspecified atom stereocenters. The van der Waals surface area contributed by atoms with Gasteiger partial charge in [-0.05, 0) is 35.6 Å². The van der Waals surface area contributed by atoms with Crippen LogP contribution in [-0.2, 0) is 6.54 Å². The number of hydrogen-bond donors (Lipinski definition) is 1. The molecule has 2 aromatic heterocycles. The summed E-state index contributed by atoms with van der Waals surface area (Å²) < 4.78 is 5.92. The summed E-state index contributed by atoms with van der Waals surface area (Å²) in [5, 5.41) is 5.52. The Morgan fingerprint density at radius 1 is 1.50 bits per heavy atom. The van der Waals surface area contributed by atoms with Gasteiger partial charge in [0.05, 0.1) is 11.4 Å². The third kappa shape index (κ3) is 3.45. The lowest BCUT2D eigenvalue weighted by Gasteiger charge is -2.12. The Hall–Kier alpha value is -1.10. The number of halogens is 1. The van der Waals surface area contributed by atoms with Crippen molar-refractivity contribution in [1.29, 1.82) is 0 Å². The smallest absolute Gasteiger partial charge is 0.213 e. The Bertz CT molecular complexity index is 515. The van der Waals surface area contributed by atoms with E-state index in [-0.39, 0.29) is 6.04 Å². The highest BCUT2D eigenvalue weighted by Gasteiger charge is 2.07. The first-order chi connectivity index (χ1) is 8.69. The van der Waals surface area contributed by atoms with Crippen LogP contribution in [0.4, 0.5) is 0 Å². The Morgan fingerprint density at radius 3 is 3.00 bits per heavy atom. The number of aromatic nitrogens is 1. The van der Waals surface area contributed by atoms with E-state index in [4.69, 9.17) is 16.3 Å². The van der Waals surface area contributed by atoms with E-state index in [9.17, 15) is 0 Å². The summed E-state index contributed by atoms with van der Waals surface area (Å²) in [4.78, 5) is 4.08. The van der Waals surface area contributed by atoms with Crippen LogP contribution in [0, 0.1) is 0 Å². The first-order valence-corrected chi connectivity index (χ1v) is 6.91. The van der Waals surface area contributed by atoms with Gasteiger partial charge in [0.25, 0.3) is 0 Å². The number of thiophene rings is 1. The number of nitrogens with one attached hydrogen (secondary N) is 1. The van der Waals surface area contributed by atoms with Crippen LogP contribution in [0.15, 0.2) is 29.8 Å². The summed E-state index contributed by atoms with van der Waals surface area (Å²) in [5.74, 6) is 0.639. The zero-order chi connectivity index (χ0) is 13.0. The van der Waals surface area contributed by atoms with Gasteiger partial charge < -0.3 is 10.1 Å². The molecule has 0 aliphatic rings. The van der Waals surface area contributed by atoms with E-state index in [2.05, 4.69) is 22.6 Å². The fourth-order valence-corrected chi connectivity index (χ4v) is 2.60. The minimum atomic E-state index is 0.271. The molecule has 1 atom stereocenters. The molecule has 0 saturated carbocycles. The average molecular weight is 283 g/mol. The fraction of sp³-hybridized carbons (Fsp3) is 0.308. The van der Waals surface area contributed by atoms with Gasteiger partial charge in [0.1, 0.15) is 0 Å². The lowest BCUT2D eigenvalue weighted by atomic mass is 10.1. The normalized spacial score (nSPS) is 12.4. The monoisotopic (exact) mass is 282 g/mol. The van der Waals surface area contributed by atoms with Gasteiger partial charge in [0.15, 0.2) is 0 Å². The third-order valence-corrected chi connectivity index (χ3v) is 3.82. The van der Waals surface area contributed by atoms with Gasteiger partial charge in [-0.2, -0.15) is 0 Å². The molecule has 0 amide bonds. The summed E-state index contributed by atoms with van der Waals surface area (Å²) in [7, 11) is 1.62. The molecular formula is C13H15ClN2OS. The highest BCUT2D eigenvalue weighted by molar-refractivity contribution is 7.14. The van der Waals surface area contributed by atoms with Crippen molar-refractivity contribution >= 4 is 22.9 Å². The molecule has 2 rings (SSSR count). The van der Waals surface area contributed by atoms with E-state index >= 15 is 0 Å². The van der Waals surface area contributed by atoms with E-state index < -0.39 is 0 Å². The van der Waals surface area contributed by atoms with Crippen molar-refractivity contribution in [3.05, 3.63) is 45.2 Å².